The van der Waals surface area contributed by atoms with Crippen LogP contribution in [0, 0.1) is 12.8 Å². The maximum atomic E-state index is 11.6. The summed E-state index contributed by atoms with van der Waals surface area (Å²) >= 11 is 0. The molecule has 0 saturated heterocycles. The van der Waals surface area contributed by atoms with Crippen LogP contribution in [0.1, 0.15) is 25.0 Å². The molecule has 19 heavy (non-hydrogen) atoms. The number of carbonyl (C=O) groups is 2. The standard InChI is InChI=1S/C14H20N2O3/c1-9(2)12(13(17)18)16-14(19)15-8-11-6-4-10(3)5-7-11/h4-7,9,12H,8H2,1-3H3,(H,17,18)(H2,15,16,19)/t12-/m0/s1. The van der Waals surface area contributed by atoms with Crippen LogP contribution in [0.4, 0.5) is 4.79 Å². The Bertz CT molecular complexity index is 441. The number of urea groups is 1. The predicted octanol–water partition coefficient (Wildman–Crippen LogP) is 1.90. The summed E-state index contributed by atoms with van der Waals surface area (Å²) in [6.45, 7) is 5.86. The molecule has 0 heterocycles. The van der Waals surface area contributed by atoms with Gasteiger partial charge in [-0.05, 0) is 18.4 Å². The molecule has 1 atom stereocenters. The zero-order chi connectivity index (χ0) is 14.4. The van der Waals surface area contributed by atoms with Gasteiger partial charge in [0.15, 0.2) is 0 Å². The lowest BCUT2D eigenvalue weighted by Gasteiger charge is -2.18. The predicted molar refractivity (Wildman–Crippen MR) is 72.8 cm³/mol. The maximum Gasteiger partial charge on any atom is 0.326 e. The number of amides is 2. The molecule has 0 unspecified atom stereocenters. The fraction of sp³-hybridized carbons (Fsp3) is 0.429. The monoisotopic (exact) mass is 264 g/mol. The summed E-state index contributed by atoms with van der Waals surface area (Å²) in [7, 11) is 0. The highest BCUT2D eigenvalue weighted by molar-refractivity contribution is 5.82. The highest BCUT2D eigenvalue weighted by Gasteiger charge is 2.22. The van der Waals surface area contributed by atoms with Crippen molar-refractivity contribution in [2.45, 2.75) is 33.4 Å². The number of aryl methyl sites for hydroxylation is 1. The third-order valence-corrected chi connectivity index (χ3v) is 2.79. The number of hydrogen-bond acceptors (Lipinski definition) is 2. The van der Waals surface area contributed by atoms with Crippen LogP contribution in [-0.4, -0.2) is 23.1 Å². The van der Waals surface area contributed by atoms with Gasteiger partial charge in [0.2, 0.25) is 0 Å². The van der Waals surface area contributed by atoms with E-state index in [0.717, 1.165) is 11.1 Å². The molecule has 0 saturated carbocycles. The van der Waals surface area contributed by atoms with E-state index in [9.17, 15) is 9.59 Å². The Morgan fingerprint density at radius 3 is 2.26 bits per heavy atom. The number of carboxylic acids is 1. The molecule has 0 radical (unpaired) electrons. The Morgan fingerprint density at radius 2 is 1.79 bits per heavy atom. The maximum absolute atomic E-state index is 11.6. The van der Waals surface area contributed by atoms with Gasteiger partial charge in [-0.15, -0.1) is 0 Å². The highest BCUT2D eigenvalue weighted by atomic mass is 16.4. The van der Waals surface area contributed by atoms with E-state index in [-0.39, 0.29) is 5.92 Å². The van der Waals surface area contributed by atoms with Crippen LogP contribution < -0.4 is 10.6 Å². The number of benzene rings is 1. The second-order valence-corrected chi connectivity index (χ2v) is 4.87. The second kappa shape index (κ2) is 6.78. The van der Waals surface area contributed by atoms with Gasteiger partial charge in [0.05, 0.1) is 0 Å². The molecule has 3 N–H and O–H groups in total. The summed E-state index contributed by atoms with van der Waals surface area (Å²) in [5.74, 6) is -1.19. The van der Waals surface area contributed by atoms with Crippen LogP contribution in [0.2, 0.25) is 0 Å². The summed E-state index contributed by atoms with van der Waals surface area (Å²) in [5, 5.41) is 14.1. The first kappa shape index (κ1) is 15.0. The minimum Gasteiger partial charge on any atom is -0.480 e. The van der Waals surface area contributed by atoms with Crippen molar-refractivity contribution in [2.75, 3.05) is 0 Å². The molecule has 1 aromatic rings. The van der Waals surface area contributed by atoms with E-state index in [1.54, 1.807) is 13.8 Å². The summed E-state index contributed by atoms with van der Waals surface area (Å²) in [6, 6.07) is 6.42. The van der Waals surface area contributed by atoms with Crippen LogP contribution in [0.3, 0.4) is 0 Å². The number of carboxylic acid groups (broad SMARTS) is 1. The van der Waals surface area contributed by atoms with Crippen molar-refractivity contribution in [1.29, 1.82) is 0 Å². The number of carbonyl (C=O) groups excluding carboxylic acids is 1. The summed E-state index contributed by atoms with van der Waals surface area (Å²) in [5.41, 5.74) is 2.12. The van der Waals surface area contributed by atoms with Crippen LogP contribution >= 0.6 is 0 Å². The van der Waals surface area contributed by atoms with E-state index in [4.69, 9.17) is 5.11 Å². The molecular formula is C14H20N2O3. The molecule has 0 fully saturated rings. The van der Waals surface area contributed by atoms with Crippen molar-refractivity contribution in [3.05, 3.63) is 35.4 Å². The zero-order valence-corrected chi connectivity index (χ0v) is 11.4. The lowest BCUT2D eigenvalue weighted by molar-refractivity contribution is -0.140. The fourth-order valence-electron chi connectivity index (χ4n) is 1.59. The Hall–Kier alpha value is -2.04. The molecule has 104 valence electrons. The van der Waals surface area contributed by atoms with Crippen molar-refractivity contribution < 1.29 is 14.7 Å². The molecule has 0 spiro atoms. The number of aliphatic carboxylic acids is 1. The molecule has 0 bridgehead atoms. The Balaban J connectivity index is 2.47. The SMILES string of the molecule is Cc1ccc(CNC(=O)N[C@H](C(=O)O)C(C)C)cc1. The minimum absolute atomic E-state index is 0.164. The van der Waals surface area contributed by atoms with E-state index in [1.165, 1.54) is 0 Å². The fourth-order valence-corrected chi connectivity index (χ4v) is 1.59. The summed E-state index contributed by atoms with van der Waals surface area (Å²) in [4.78, 5) is 22.6. The van der Waals surface area contributed by atoms with Gasteiger partial charge < -0.3 is 15.7 Å². The first-order chi connectivity index (χ1) is 8.90. The first-order valence-corrected chi connectivity index (χ1v) is 6.23. The third-order valence-electron chi connectivity index (χ3n) is 2.79. The van der Waals surface area contributed by atoms with E-state index in [1.807, 2.05) is 31.2 Å². The quantitative estimate of drug-likeness (QED) is 0.760. The molecule has 0 aliphatic rings. The average Bonchev–Trinajstić information content (AvgIpc) is 2.34. The summed E-state index contributed by atoms with van der Waals surface area (Å²) in [6.07, 6.45) is 0. The van der Waals surface area contributed by atoms with Crippen LogP contribution in [0.25, 0.3) is 0 Å². The largest absolute Gasteiger partial charge is 0.480 e. The zero-order valence-electron chi connectivity index (χ0n) is 11.4. The van der Waals surface area contributed by atoms with Crippen molar-refractivity contribution in [3.63, 3.8) is 0 Å². The molecule has 0 aliphatic carbocycles. The Kier molecular flexibility index (Phi) is 5.36. The molecular weight excluding hydrogens is 244 g/mol. The number of rotatable bonds is 5. The normalized spacial score (nSPS) is 12.0. The molecule has 1 rings (SSSR count). The van der Waals surface area contributed by atoms with Crippen LogP contribution in [0.5, 0.6) is 0 Å². The molecule has 0 aliphatic heterocycles. The van der Waals surface area contributed by atoms with Gasteiger partial charge in [-0.3, -0.25) is 0 Å². The topological polar surface area (TPSA) is 78.4 Å². The first-order valence-electron chi connectivity index (χ1n) is 6.23. The Labute approximate surface area is 113 Å². The van der Waals surface area contributed by atoms with Crippen molar-refractivity contribution in [3.8, 4) is 0 Å². The van der Waals surface area contributed by atoms with Crippen molar-refractivity contribution in [2.24, 2.45) is 5.92 Å². The van der Waals surface area contributed by atoms with Crippen molar-refractivity contribution >= 4 is 12.0 Å². The van der Waals surface area contributed by atoms with E-state index >= 15 is 0 Å². The van der Waals surface area contributed by atoms with Gasteiger partial charge in [0.25, 0.3) is 0 Å². The Morgan fingerprint density at radius 1 is 1.21 bits per heavy atom. The molecule has 2 amide bonds. The molecule has 0 aromatic heterocycles. The highest BCUT2D eigenvalue weighted by Crippen LogP contribution is 2.03. The number of nitrogens with one attached hydrogen (secondary N) is 2. The van der Waals surface area contributed by atoms with Gasteiger partial charge in [0, 0.05) is 6.54 Å². The van der Waals surface area contributed by atoms with Crippen LogP contribution in [-0.2, 0) is 11.3 Å². The number of hydrogen-bond donors (Lipinski definition) is 3. The van der Waals surface area contributed by atoms with Gasteiger partial charge in [-0.2, -0.15) is 0 Å². The average molecular weight is 264 g/mol. The molecule has 5 nitrogen and oxygen atoms in total. The van der Waals surface area contributed by atoms with E-state index < -0.39 is 18.0 Å². The molecule has 5 heteroatoms. The lowest BCUT2D eigenvalue weighted by atomic mass is 10.1. The van der Waals surface area contributed by atoms with E-state index in [0.29, 0.717) is 6.54 Å². The minimum atomic E-state index is -1.03. The van der Waals surface area contributed by atoms with Crippen LogP contribution in [0.15, 0.2) is 24.3 Å². The molecule has 1 aromatic carbocycles. The van der Waals surface area contributed by atoms with Gasteiger partial charge >= 0.3 is 12.0 Å². The van der Waals surface area contributed by atoms with Gasteiger partial charge in [-0.1, -0.05) is 43.7 Å². The van der Waals surface area contributed by atoms with E-state index in [2.05, 4.69) is 10.6 Å². The van der Waals surface area contributed by atoms with Crippen molar-refractivity contribution in [1.82, 2.24) is 10.6 Å². The van der Waals surface area contributed by atoms with Gasteiger partial charge in [0.1, 0.15) is 6.04 Å². The van der Waals surface area contributed by atoms with Gasteiger partial charge in [-0.25, -0.2) is 9.59 Å². The lowest BCUT2D eigenvalue weighted by Crippen LogP contribution is -2.48. The third kappa shape index (κ3) is 4.99. The smallest absolute Gasteiger partial charge is 0.326 e. The summed E-state index contributed by atoms with van der Waals surface area (Å²) < 4.78 is 0. The second-order valence-electron chi connectivity index (χ2n) is 4.87.